The van der Waals surface area contributed by atoms with Crippen LogP contribution in [0, 0.1) is 0 Å². The molecule has 2 aromatic rings. The molecule has 0 aliphatic heterocycles. The third-order valence-corrected chi connectivity index (χ3v) is 7.66. The number of benzene rings is 2. The molecule has 0 radical (unpaired) electrons. The standard InChI is InChI=1S/C23H28ClN3O3S/c1-2-18-8-10-19(11-9-18)16-25-26-23(28)17-27(21-6-4-3-5-7-21)31(29,30)22-14-12-20(24)13-15-22/h8-16,21H,2-7,17H2,1H3,(H,26,28)/b25-16-. The Kier molecular flexibility index (Phi) is 8.23. The Hall–Kier alpha value is -2.22. The van der Waals surface area contributed by atoms with E-state index in [4.69, 9.17) is 11.6 Å². The molecular weight excluding hydrogens is 434 g/mol. The van der Waals surface area contributed by atoms with Gasteiger partial charge >= 0.3 is 0 Å². The van der Waals surface area contributed by atoms with Gasteiger partial charge in [-0.05, 0) is 54.7 Å². The van der Waals surface area contributed by atoms with E-state index in [9.17, 15) is 13.2 Å². The number of halogens is 1. The summed E-state index contributed by atoms with van der Waals surface area (Å²) in [6.45, 7) is 1.81. The molecule has 0 heterocycles. The molecule has 1 aliphatic rings. The van der Waals surface area contributed by atoms with Gasteiger partial charge in [0.15, 0.2) is 0 Å². The fourth-order valence-electron chi connectivity index (χ4n) is 3.72. The highest BCUT2D eigenvalue weighted by atomic mass is 35.5. The van der Waals surface area contributed by atoms with Crippen LogP contribution in [0.15, 0.2) is 58.5 Å². The Morgan fingerprint density at radius 1 is 1.10 bits per heavy atom. The average molecular weight is 462 g/mol. The predicted octanol–water partition coefficient (Wildman–Crippen LogP) is 4.38. The number of nitrogens with one attached hydrogen (secondary N) is 1. The fraction of sp³-hybridized carbons (Fsp3) is 0.391. The lowest BCUT2D eigenvalue weighted by atomic mass is 9.95. The SMILES string of the molecule is CCc1ccc(/C=N\NC(=O)CN(C2CCCCC2)S(=O)(=O)c2ccc(Cl)cc2)cc1. The number of rotatable bonds is 8. The van der Waals surface area contributed by atoms with Crippen molar-refractivity contribution in [3.63, 3.8) is 0 Å². The Morgan fingerprint density at radius 2 is 1.74 bits per heavy atom. The molecule has 0 bridgehead atoms. The van der Waals surface area contributed by atoms with Crippen LogP contribution in [0.4, 0.5) is 0 Å². The molecular formula is C23H28ClN3O3S. The van der Waals surface area contributed by atoms with Crippen molar-refractivity contribution >= 4 is 33.7 Å². The van der Waals surface area contributed by atoms with E-state index < -0.39 is 15.9 Å². The third-order valence-electron chi connectivity index (χ3n) is 5.49. The van der Waals surface area contributed by atoms with Gasteiger partial charge in [0.25, 0.3) is 5.91 Å². The van der Waals surface area contributed by atoms with Crippen LogP contribution < -0.4 is 5.43 Å². The number of hydrazone groups is 1. The van der Waals surface area contributed by atoms with Crippen molar-refractivity contribution in [2.75, 3.05) is 6.54 Å². The van der Waals surface area contributed by atoms with E-state index in [1.165, 1.54) is 22.0 Å². The van der Waals surface area contributed by atoms with Gasteiger partial charge in [-0.1, -0.05) is 62.1 Å². The first kappa shape index (κ1) is 23.4. The largest absolute Gasteiger partial charge is 0.272 e. The molecule has 1 N–H and O–H groups in total. The molecule has 31 heavy (non-hydrogen) atoms. The zero-order valence-electron chi connectivity index (χ0n) is 17.6. The number of aryl methyl sites for hydroxylation is 1. The van der Waals surface area contributed by atoms with E-state index in [-0.39, 0.29) is 17.5 Å². The van der Waals surface area contributed by atoms with Crippen molar-refractivity contribution in [1.29, 1.82) is 0 Å². The second kappa shape index (κ2) is 10.9. The maximum Gasteiger partial charge on any atom is 0.255 e. The van der Waals surface area contributed by atoms with E-state index in [0.29, 0.717) is 5.02 Å². The lowest BCUT2D eigenvalue weighted by molar-refractivity contribution is -0.121. The number of carbonyl (C=O) groups excluding carboxylic acids is 1. The van der Waals surface area contributed by atoms with E-state index >= 15 is 0 Å². The molecule has 166 valence electrons. The van der Waals surface area contributed by atoms with Gasteiger partial charge in [0.1, 0.15) is 0 Å². The minimum absolute atomic E-state index is 0.134. The smallest absolute Gasteiger partial charge is 0.255 e. The molecule has 0 aromatic heterocycles. The van der Waals surface area contributed by atoms with Crippen molar-refractivity contribution in [3.05, 3.63) is 64.7 Å². The van der Waals surface area contributed by atoms with Crippen molar-refractivity contribution in [1.82, 2.24) is 9.73 Å². The van der Waals surface area contributed by atoms with Crippen molar-refractivity contribution in [3.8, 4) is 0 Å². The summed E-state index contributed by atoms with van der Waals surface area (Å²) in [5, 5.41) is 4.46. The fourth-order valence-corrected chi connectivity index (χ4v) is 5.48. The van der Waals surface area contributed by atoms with Crippen LogP contribution >= 0.6 is 11.6 Å². The van der Waals surface area contributed by atoms with Crippen molar-refractivity contribution in [2.45, 2.75) is 56.4 Å². The van der Waals surface area contributed by atoms with E-state index in [1.807, 2.05) is 24.3 Å². The van der Waals surface area contributed by atoms with Crippen molar-refractivity contribution < 1.29 is 13.2 Å². The molecule has 0 unspecified atom stereocenters. The van der Waals surface area contributed by atoms with Gasteiger partial charge in [0.2, 0.25) is 10.0 Å². The first-order valence-corrected chi connectivity index (χ1v) is 12.4. The molecule has 1 fully saturated rings. The summed E-state index contributed by atoms with van der Waals surface area (Å²) in [7, 11) is -3.84. The molecule has 1 saturated carbocycles. The van der Waals surface area contributed by atoms with Gasteiger partial charge in [0.05, 0.1) is 17.7 Å². The Morgan fingerprint density at radius 3 is 2.35 bits per heavy atom. The molecule has 6 nitrogen and oxygen atoms in total. The van der Waals surface area contributed by atoms with Crippen LogP contribution in [0.1, 0.15) is 50.2 Å². The molecule has 0 atom stereocenters. The normalized spacial score (nSPS) is 15.5. The minimum Gasteiger partial charge on any atom is -0.272 e. The van der Waals surface area contributed by atoms with Crippen molar-refractivity contribution in [2.24, 2.45) is 5.10 Å². The maximum atomic E-state index is 13.3. The van der Waals surface area contributed by atoms with Crippen LogP contribution in [0.5, 0.6) is 0 Å². The third kappa shape index (κ3) is 6.38. The van der Waals surface area contributed by atoms with Gasteiger partial charge in [-0.2, -0.15) is 9.41 Å². The molecule has 8 heteroatoms. The lowest BCUT2D eigenvalue weighted by Crippen LogP contribution is -2.46. The number of sulfonamides is 1. The zero-order chi connectivity index (χ0) is 22.3. The van der Waals surface area contributed by atoms with E-state index in [2.05, 4.69) is 17.5 Å². The molecule has 1 amide bonds. The highest BCUT2D eigenvalue weighted by Gasteiger charge is 2.33. The van der Waals surface area contributed by atoms with Gasteiger partial charge in [-0.25, -0.2) is 13.8 Å². The Balaban J connectivity index is 1.72. The quantitative estimate of drug-likeness (QED) is 0.468. The summed E-state index contributed by atoms with van der Waals surface area (Å²) in [5.41, 5.74) is 4.54. The second-order valence-corrected chi connectivity index (χ2v) is 10.0. The summed E-state index contributed by atoms with van der Waals surface area (Å²) in [5.74, 6) is -0.468. The number of hydrogen-bond donors (Lipinski definition) is 1. The van der Waals surface area contributed by atoms with Crippen LogP contribution in [-0.4, -0.2) is 37.4 Å². The monoisotopic (exact) mass is 461 g/mol. The number of nitrogens with zero attached hydrogens (tertiary/aromatic N) is 2. The van der Waals surface area contributed by atoms with Crippen LogP contribution in [0.25, 0.3) is 0 Å². The predicted molar refractivity (Wildman–Crippen MR) is 124 cm³/mol. The molecule has 3 rings (SSSR count). The maximum absolute atomic E-state index is 13.3. The summed E-state index contributed by atoms with van der Waals surface area (Å²) in [4.78, 5) is 12.7. The Bertz CT molecular complexity index is 999. The second-order valence-electron chi connectivity index (χ2n) is 7.68. The highest BCUT2D eigenvalue weighted by molar-refractivity contribution is 7.89. The van der Waals surface area contributed by atoms with E-state index in [0.717, 1.165) is 44.1 Å². The Labute approximate surface area is 189 Å². The lowest BCUT2D eigenvalue weighted by Gasteiger charge is -2.32. The van der Waals surface area contributed by atoms with E-state index in [1.54, 1.807) is 18.3 Å². The zero-order valence-corrected chi connectivity index (χ0v) is 19.2. The summed E-state index contributed by atoms with van der Waals surface area (Å²) < 4.78 is 27.9. The minimum atomic E-state index is -3.84. The van der Waals surface area contributed by atoms with Gasteiger partial charge in [-0.15, -0.1) is 0 Å². The average Bonchev–Trinajstić information content (AvgIpc) is 2.78. The highest BCUT2D eigenvalue weighted by Crippen LogP contribution is 2.28. The van der Waals surface area contributed by atoms with Crippen LogP contribution in [0.2, 0.25) is 5.02 Å². The molecule has 1 aliphatic carbocycles. The summed E-state index contributed by atoms with van der Waals surface area (Å²) in [6.07, 6.45) is 6.97. The van der Waals surface area contributed by atoms with Gasteiger partial charge < -0.3 is 0 Å². The molecule has 0 saturated heterocycles. The first-order valence-electron chi connectivity index (χ1n) is 10.6. The number of hydrogen-bond acceptors (Lipinski definition) is 4. The topological polar surface area (TPSA) is 78.8 Å². The summed E-state index contributed by atoms with van der Waals surface area (Å²) in [6, 6.07) is 13.7. The van der Waals surface area contributed by atoms with Crippen LogP contribution in [0.3, 0.4) is 0 Å². The number of amides is 1. The van der Waals surface area contributed by atoms with Gasteiger partial charge in [0, 0.05) is 11.1 Å². The van der Waals surface area contributed by atoms with Gasteiger partial charge in [-0.3, -0.25) is 4.79 Å². The summed E-state index contributed by atoms with van der Waals surface area (Å²) >= 11 is 5.91. The number of carbonyl (C=O) groups is 1. The first-order chi connectivity index (χ1) is 14.9. The van der Waals surface area contributed by atoms with Crippen LogP contribution in [-0.2, 0) is 21.2 Å². The molecule has 0 spiro atoms. The molecule has 2 aromatic carbocycles.